The second-order valence-corrected chi connectivity index (χ2v) is 2.09. The molecule has 0 saturated heterocycles. The number of halogens is 1. The molecule has 40 valence electrons. The van der Waals surface area contributed by atoms with Crippen molar-refractivity contribution >= 4 is 15.9 Å². The molecule has 0 N–H and O–H groups in total. The maximum absolute atomic E-state index is 3.71. The fourth-order valence-electron chi connectivity index (χ4n) is 0.223. The van der Waals surface area contributed by atoms with Crippen molar-refractivity contribution < 1.29 is 0 Å². The van der Waals surface area contributed by atoms with Gasteiger partial charge >= 0.3 is 0 Å². The van der Waals surface area contributed by atoms with Crippen LogP contribution >= 0.6 is 15.9 Å². The van der Waals surface area contributed by atoms with Crippen LogP contribution in [0, 0.1) is 0 Å². The van der Waals surface area contributed by atoms with Crippen LogP contribution in [0.4, 0.5) is 0 Å². The van der Waals surface area contributed by atoms with Crippen LogP contribution in [-0.4, -0.2) is 5.33 Å². The molecular formula is C6H9Br. The molecule has 7 heavy (non-hydrogen) atoms. The SMILES string of the molecule is C=CC(=C)CCBr. The highest BCUT2D eigenvalue weighted by Gasteiger charge is 1.80. The summed E-state index contributed by atoms with van der Waals surface area (Å²) >= 11 is 3.28. The van der Waals surface area contributed by atoms with Gasteiger partial charge in [0, 0.05) is 5.33 Å². The van der Waals surface area contributed by atoms with Gasteiger partial charge in [0.2, 0.25) is 0 Å². The van der Waals surface area contributed by atoms with Gasteiger partial charge < -0.3 is 0 Å². The lowest BCUT2D eigenvalue weighted by molar-refractivity contribution is 1.19. The molecular weight excluding hydrogens is 152 g/mol. The van der Waals surface area contributed by atoms with E-state index in [4.69, 9.17) is 0 Å². The Kier molecular flexibility index (Phi) is 4.10. The molecule has 0 saturated carbocycles. The fraction of sp³-hybridized carbons (Fsp3) is 0.333. The number of allylic oxidation sites excluding steroid dienone is 2. The van der Waals surface area contributed by atoms with E-state index in [-0.39, 0.29) is 0 Å². The molecule has 0 aromatic heterocycles. The molecule has 0 spiro atoms. The molecule has 0 unspecified atom stereocenters. The number of hydrogen-bond acceptors (Lipinski definition) is 0. The summed E-state index contributed by atoms with van der Waals surface area (Å²) in [6.07, 6.45) is 2.78. The van der Waals surface area contributed by atoms with E-state index >= 15 is 0 Å². The Hall–Kier alpha value is -0.0400. The van der Waals surface area contributed by atoms with Crippen molar-refractivity contribution in [3.8, 4) is 0 Å². The topological polar surface area (TPSA) is 0 Å². The average Bonchev–Trinajstić information content (AvgIpc) is 1.68. The maximum Gasteiger partial charge on any atom is 0.00715 e. The summed E-state index contributed by atoms with van der Waals surface area (Å²) in [6, 6.07) is 0. The molecule has 0 aliphatic heterocycles. The van der Waals surface area contributed by atoms with Crippen LogP contribution in [0.1, 0.15) is 6.42 Å². The van der Waals surface area contributed by atoms with Gasteiger partial charge in [-0.1, -0.05) is 40.7 Å². The molecule has 0 radical (unpaired) electrons. The Labute approximate surface area is 53.1 Å². The summed E-state index contributed by atoms with van der Waals surface area (Å²) in [5.74, 6) is 0. The predicted octanol–water partition coefficient (Wildman–Crippen LogP) is 2.51. The molecule has 0 aliphatic rings. The average molecular weight is 161 g/mol. The van der Waals surface area contributed by atoms with Crippen molar-refractivity contribution in [1.82, 2.24) is 0 Å². The third-order valence-corrected chi connectivity index (χ3v) is 1.10. The number of hydrogen-bond donors (Lipinski definition) is 0. The minimum Gasteiger partial charge on any atom is -0.0988 e. The highest BCUT2D eigenvalue weighted by molar-refractivity contribution is 9.09. The van der Waals surface area contributed by atoms with Gasteiger partial charge in [0.05, 0.1) is 0 Å². The lowest BCUT2D eigenvalue weighted by atomic mass is 10.2. The molecule has 0 heterocycles. The van der Waals surface area contributed by atoms with E-state index in [1.807, 2.05) is 0 Å². The third-order valence-electron chi connectivity index (χ3n) is 0.704. The highest BCUT2D eigenvalue weighted by atomic mass is 79.9. The Morgan fingerprint density at radius 1 is 1.71 bits per heavy atom. The van der Waals surface area contributed by atoms with Crippen LogP contribution in [0.3, 0.4) is 0 Å². The second kappa shape index (κ2) is 4.13. The molecule has 0 nitrogen and oxygen atoms in total. The first kappa shape index (κ1) is 6.96. The standard InChI is InChI=1S/C6H9Br/c1-3-6(2)4-5-7/h3H,1-2,4-5H2. The molecule has 0 bridgehead atoms. The van der Waals surface area contributed by atoms with Crippen LogP contribution in [0.15, 0.2) is 24.8 Å². The van der Waals surface area contributed by atoms with Gasteiger partial charge in [-0.2, -0.15) is 0 Å². The first-order chi connectivity index (χ1) is 3.31. The first-order valence-corrected chi connectivity index (χ1v) is 3.29. The minimum atomic E-state index is 0.984. The number of rotatable bonds is 3. The summed E-state index contributed by atoms with van der Waals surface area (Å²) in [5, 5.41) is 0.984. The van der Waals surface area contributed by atoms with Crippen molar-refractivity contribution in [2.24, 2.45) is 0 Å². The van der Waals surface area contributed by atoms with E-state index in [9.17, 15) is 0 Å². The van der Waals surface area contributed by atoms with Gasteiger partial charge in [-0.25, -0.2) is 0 Å². The van der Waals surface area contributed by atoms with Crippen molar-refractivity contribution in [3.05, 3.63) is 24.8 Å². The Morgan fingerprint density at radius 3 is 2.43 bits per heavy atom. The summed E-state index contributed by atoms with van der Waals surface area (Å²) < 4.78 is 0. The van der Waals surface area contributed by atoms with E-state index < -0.39 is 0 Å². The summed E-state index contributed by atoms with van der Waals surface area (Å²) in [7, 11) is 0. The van der Waals surface area contributed by atoms with Crippen molar-refractivity contribution in [1.29, 1.82) is 0 Å². The van der Waals surface area contributed by atoms with Crippen LogP contribution < -0.4 is 0 Å². The molecule has 1 heteroatoms. The van der Waals surface area contributed by atoms with Crippen molar-refractivity contribution in [2.75, 3.05) is 5.33 Å². The quantitative estimate of drug-likeness (QED) is 0.440. The summed E-state index contributed by atoms with van der Waals surface area (Å²) in [5.41, 5.74) is 1.09. The molecule has 0 amide bonds. The Balaban J connectivity index is 3.17. The summed E-state index contributed by atoms with van der Waals surface area (Å²) in [4.78, 5) is 0. The van der Waals surface area contributed by atoms with Gasteiger partial charge in [0.1, 0.15) is 0 Å². The minimum absolute atomic E-state index is 0.984. The van der Waals surface area contributed by atoms with E-state index in [2.05, 4.69) is 29.1 Å². The lowest BCUT2D eigenvalue weighted by Crippen LogP contribution is -1.73. The van der Waals surface area contributed by atoms with Gasteiger partial charge in [0.25, 0.3) is 0 Å². The van der Waals surface area contributed by atoms with E-state index in [0.29, 0.717) is 0 Å². The van der Waals surface area contributed by atoms with Crippen LogP contribution in [0.2, 0.25) is 0 Å². The fourth-order valence-corrected chi connectivity index (χ4v) is 0.733. The van der Waals surface area contributed by atoms with Crippen LogP contribution in [0.25, 0.3) is 0 Å². The predicted molar refractivity (Wildman–Crippen MR) is 37.7 cm³/mol. The van der Waals surface area contributed by atoms with Crippen molar-refractivity contribution in [2.45, 2.75) is 6.42 Å². The lowest BCUT2D eigenvalue weighted by Gasteiger charge is -1.88. The van der Waals surface area contributed by atoms with Gasteiger partial charge in [0.15, 0.2) is 0 Å². The molecule has 0 aliphatic carbocycles. The van der Waals surface area contributed by atoms with Crippen LogP contribution in [-0.2, 0) is 0 Å². The smallest absolute Gasteiger partial charge is 0.00715 e. The van der Waals surface area contributed by atoms with Crippen LogP contribution in [0.5, 0.6) is 0 Å². The van der Waals surface area contributed by atoms with Gasteiger partial charge in [-0.3, -0.25) is 0 Å². The Bertz CT molecular complexity index is 74.2. The van der Waals surface area contributed by atoms with E-state index in [1.165, 1.54) is 0 Å². The summed E-state index contributed by atoms with van der Waals surface area (Å²) in [6.45, 7) is 7.27. The molecule has 0 atom stereocenters. The molecule has 0 aromatic rings. The largest absolute Gasteiger partial charge is 0.0988 e. The molecule has 0 fully saturated rings. The van der Waals surface area contributed by atoms with E-state index in [1.54, 1.807) is 6.08 Å². The Morgan fingerprint density at radius 2 is 2.29 bits per heavy atom. The molecule has 0 aromatic carbocycles. The normalized spacial score (nSPS) is 8.14. The molecule has 0 rings (SSSR count). The van der Waals surface area contributed by atoms with Crippen molar-refractivity contribution in [3.63, 3.8) is 0 Å². The number of alkyl halides is 1. The van der Waals surface area contributed by atoms with Gasteiger partial charge in [-0.15, -0.1) is 0 Å². The highest BCUT2D eigenvalue weighted by Crippen LogP contribution is 1.99. The zero-order chi connectivity index (χ0) is 5.70. The monoisotopic (exact) mass is 160 g/mol. The maximum atomic E-state index is 3.71. The zero-order valence-electron chi connectivity index (χ0n) is 4.28. The van der Waals surface area contributed by atoms with Gasteiger partial charge in [-0.05, 0) is 6.42 Å². The third kappa shape index (κ3) is 3.80. The van der Waals surface area contributed by atoms with E-state index in [0.717, 1.165) is 17.3 Å². The second-order valence-electron chi connectivity index (χ2n) is 1.30. The zero-order valence-corrected chi connectivity index (χ0v) is 5.87. The first-order valence-electron chi connectivity index (χ1n) is 2.17.